The number of aryl methyl sites for hydroxylation is 1. The van der Waals surface area contributed by atoms with Crippen LogP contribution < -0.4 is 14.5 Å². The summed E-state index contributed by atoms with van der Waals surface area (Å²) >= 11 is 5.59. The summed E-state index contributed by atoms with van der Waals surface area (Å²) in [6, 6.07) is 9.15. The summed E-state index contributed by atoms with van der Waals surface area (Å²) in [6.07, 6.45) is 0. The summed E-state index contributed by atoms with van der Waals surface area (Å²) in [4.78, 5) is 30.8. The third-order valence-corrected chi connectivity index (χ3v) is 5.34. The van der Waals surface area contributed by atoms with E-state index in [2.05, 4.69) is 9.58 Å². The zero-order valence-electron chi connectivity index (χ0n) is 17.4. The second-order valence-corrected chi connectivity index (χ2v) is 7.74. The number of thiocarbonyl (C=S) groups is 1. The van der Waals surface area contributed by atoms with Crippen molar-refractivity contribution in [3.8, 4) is 5.75 Å². The van der Waals surface area contributed by atoms with E-state index in [-0.39, 0.29) is 16.8 Å². The predicted molar refractivity (Wildman–Crippen MR) is 118 cm³/mol. The number of carbonyl (C=O) groups excluding carboxylic acids is 2. The van der Waals surface area contributed by atoms with Crippen LogP contribution in [-0.2, 0) is 14.3 Å². The molecule has 9 heteroatoms. The number of amides is 1. The van der Waals surface area contributed by atoms with Gasteiger partial charge in [-0.15, -0.1) is 0 Å². The van der Waals surface area contributed by atoms with Gasteiger partial charge < -0.3 is 14.4 Å². The van der Waals surface area contributed by atoms with E-state index >= 15 is 0 Å². The molecule has 1 amide bonds. The molecule has 1 aliphatic heterocycles. The Labute approximate surface area is 184 Å². The molecule has 0 atom stereocenters. The fraction of sp³-hybridized carbons (Fsp3) is 0.273. The second kappa shape index (κ2) is 8.32. The van der Waals surface area contributed by atoms with Crippen LogP contribution in [0, 0.1) is 19.3 Å². The molecule has 3 rings (SSSR count). The molecule has 0 radical (unpaired) electrons. The number of anilines is 2. The molecular weight excluding hydrogens is 421 g/mol. The number of hydrogen-bond donors (Lipinski definition) is 0. The van der Waals surface area contributed by atoms with Gasteiger partial charge in [-0.05, 0) is 62.8 Å². The summed E-state index contributed by atoms with van der Waals surface area (Å²) in [5.74, 6) is -1.74. The highest BCUT2D eigenvalue weighted by molar-refractivity contribution is 7.81. The first-order valence-electron chi connectivity index (χ1n) is 9.28. The maximum absolute atomic E-state index is 14.6. The van der Waals surface area contributed by atoms with Crippen LogP contribution in [0.2, 0.25) is 0 Å². The molecule has 1 aliphatic rings. The van der Waals surface area contributed by atoms with Gasteiger partial charge in [-0.1, -0.05) is 6.07 Å². The van der Waals surface area contributed by atoms with E-state index in [1.807, 2.05) is 0 Å². The Morgan fingerprint density at radius 1 is 1.23 bits per heavy atom. The minimum atomic E-state index is -1.08. The molecule has 0 N–H and O–H groups in total. The summed E-state index contributed by atoms with van der Waals surface area (Å²) in [5, 5.41) is 0.188. The van der Waals surface area contributed by atoms with Crippen molar-refractivity contribution in [2.45, 2.75) is 26.3 Å². The lowest BCUT2D eigenvalue weighted by atomic mass is 10.0. The number of nitrogens with zero attached hydrogens (tertiary/aromatic N) is 3. The molecule has 160 valence electrons. The molecule has 0 aromatic heterocycles. The molecule has 31 heavy (non-hydrogen) atoms. The highest BCUT2D eigenvalue weighted by Crippen LogP contribution is 2.38. The highest BCUT2D eigenvalue weighted by Gasteiger charge is 2.50. The molecule has 1 fully saturated rings. The van der Waals surface area contributed by atoms with Crippen LogP contribution in [-0.4, -0.2) is 36.2 Å². The topological polar surface area (TPSA) is 63.4 Å². The van der Waals surface area contributed by atoms with E-state index in [1.165, 1.54) is 24.1 Å². The molecule has 2 aromatic carbocycles. The Morgan fingerprint density at radius 3 is 2.48 bits per heavy atom. The number of esters is 1. The summed E-state index contributed by atoms with van der Waals surface area (Å²) < 4.78 is 24.2. The average Bonchev–Trinajstić information content (AvgIpc) is 2.90. The van der Waals surface area contributed by atoms with Crippen molar-refractivity contribution in [1.82, 2.24) is 0 Å². The minimum Gasteiger partial charge on any atom is -0.479 e. The molecule has 0 bridgehead atoms. The standard InChI is InChI=1S/C22H20FN3O4S/c1-13-10-14(6-8-17(13)24-4)25-20(28)22(2,3)26(21(25)31)15-7-9-18(16(23)11-15)30-12-19(27)29-5/h6-11H,12H2,1-3,5H3. The van der Waals surface area contributed by atoms with Crippen LogP contribution in [0.5, 0.6) is 5.75 Å². The van der Waals surface area contributed by atoms with Gasteiger partial charge in [-0.3, -0.25) is 9.69 Å². The maximum atomic E-state index is 14.6. The number of carbonyl (C=O) groups is 2. The van der Waals surface area contributed by atoms with Gasteiger partial charge in [-0.25, -0.2) is 14.0 Å². The molecule has 7 nitrogen and oxygen atoms in total. The first-order valence-corrected chi connectivity index (χ1v) is 9.68. The minimum absolute atomic E-state index is 0.120. The third-order valence-electron chi connectivity index (χ3n) is 4.97. The molecule has 0 unspecified atom stereocenters. The van der Waals surface area contributed by atoms with Crippen molar-refractivity contribution < 1.29 is 23.5 Å². The fourth-order valence-electron chi connectivity index (χ4n) is 3.30. The largest absolute Gasteiger partial charge is 0.479 e. The smallest absolute Gasteiger partial charge is 0.343 e. The lowest BCUT2D eigenvalue weighted by Crippen LogP contribution is -2.44. The van der Waals surface area contributed by atoms with E-state index < -0.39 is 23.9 Å². The van der Waals surface area contributed by atoms with Gasteiger partial charge in [0.1, 0.15) is 5.54 Å². The molecule has 1 heterocycles. The van der Waals surface area contributed by atoms with Crippen LogP contribution in [0.4, 0.5) is 21.5 Å². The number of methoxy groups -OCH3 is 1. The van der Waals surface area contributed by atoms with Crippen molar-refractivity contribution in [2.24, 2.45) is 0 Å². The summed E-state index contributed by atoms with van der Waals surface area (Å²) in [5.41, 5.74) is 1.03. The molecular formula is C22H20FN3O4S. The number of rotatable bonds is 5. The first kappa shape index (κ1) is 22.2. The fourth-order valence-corrected chi connectivity index (χ4v) is 3.82. The van der Waals surface area contributed by atoms with E-state index in [4.69, 9.17) is 23.5 Å². The Kier molecular flexibility index (Phi) is 5.95. The van der Waals surface area contributed by atoms with Crippen molar-refractivity contribution in [3.05, 3.63) is 59.2 Å². The number of hydrogen-bond acceptors (Lipinski definition) is 5. The Bertz CT molecular complexity index is 1130. The molecule has 0 saturated carbocycles. The van der Waals surface area contributed by atoms with Crippen LogP contribution >= 0.6 is 12.2 Å². The van der Waals surface area contributed by atoms with Gasteiger partial charge in [0.15, 0.2) is 29.0 Å². The van der Waals surface area contributed by atoms with Gasteiger partial charge >= 0.3 is 5.97 Å². The zero-order valence-corrected chi connectivity index (χ0v) is 18.2. The van der Waals surface area contributed by atoms with Crippen molar-refractivity contribution in [2.75, 3.05) is 23.5 Å². The lowest BCUT2D eigenvalue weighted by molar-refractivity contribution is -0.143. The van der Waals surface area contributed by atoms with E-state index in [0.717, 1.165) is 5.56 Å². The number of halogens is 1. The van der Waals surface area contributed by atoms with E-state index in [0.29, 0.717) is 17.1 Å². The monoisotopic (exact) mass is 441 g/mol. The van der Waals surface area contributed by atoms with Crippen molar-refractivity contribution in [3.63, 3.8) is 0 Å². The second-order valence-electron chi connectivity index (χ2n) is 7.38. The molecule has 2 aromatic rings. The van der Waals surface area contributed by atoms with Crippen molar-refractivity contribution in [1.29, 1.82) is 0 Å². The van der Waals surface area contributed by atoms with Crippen LogP contribution in [0.1, 0.15) is 19.4 Å². The average molecular weight is 441 g/mol. The van der Waals surface area contributed by atoms with E-state index in [1.54, 1.807) is 49.9 Å². The van der Waals surface area contributed by atoms with Gasteiger partial charge in [0.05, 0.1) is 13.7 Å². The van der Waals surface area contributed by atoms with Crippen LogP contribution in [0.25, 0.3) is 4.85 Å². The van der Waals surface area contributed by atoms with E-state index in [9.17, 15) is 14.0 Å². The van der Waals surface area contributed by atoms with Gasteiger partial charge in [0.2, 0.25) is 0 Å². The molecule has 1 saturated heterocycles. The van der Waals surface area contributed by atoms with Gasteiger partial charge in [-0.2, -0.15) is 0 Å². The zero-order chi connectivity index (χ0) is 22.9. The van der Waals surface area contributed by atoms with Gasteiger partial charge in [0.25, 0.3) is 5.91 Å². The number of benzene rings is 2. The molecule has 0 spiro atoms. The normalized spacial score (nSPS) is 15.1. The maximum Gasteiger partial charge on any atom is 0.343 e. The van der Waals surface area contributed by atoms with Crippen LogP contribution in [0.3, 0.4) is 0 Å². The van der Waals surface area contributed by atoms with Crippen LogP contribution in [0.15, 0.2) is 36.4 Å². The summed E-state index contributed by atoms with van der Waals surface area (Å²) in [6.45, 7) is 11.9. The number of ether oxygens (including phenoxy) is 2. The Hall–Kier alpha value is -3.51. The first-order chi connectivity index (χ1) is 14.6. The predicted octanol–water partition coefficient (Wildman–Crippen LogP) is 4.15. The Morgan fingerprint density at radius 2 is 1.90 bits per heavy atom. The summed E-state index contributed by atoms with van der Waals surface area (Å²) in [7, 11) is 1.21. The van der Waals surface area contributed by atoms with Crippen molar-refractivity contribution >= 4 is 46.3 Å². The SMILES string of the molecule is [C-]#[N+]c1ccc(N2C(=O)C(C)(C)N(c3ccc(OCC(=O)OC)c(F)c3)C2=S)cc1C. The third kappa shape index (κ3) is 3.94. The quantitative estimate of drug-likeness (QED) is 0.395. The Balaban J connectivity index is 1.95. The highest BCUT2D eigenvalue weighted by atomic mass is 32.1. The van der Waals surface area contributed by atoms with Gasteiger partial charge in [0, 0.05) is 17.4 Å². The molecule has 0 aliphatic carbocycles. The lowest BCUT2D eigenvalue weighted by Gasteiger charge is -2.29.